The Morgan fingerprint density at radius 3 is 2.36 bits per heavy atom. The van der Waals surface area contributed by atoms with Gasteiger partial charge in [-0.25, -0.2) is 21.8 Å². The van der Waals surface area contributed by atoms with Crippen LogP contribution in [0, 0.1) is 0 Å². The summed E-state index contributed by atoms with van der Waals surface area (Å²) in [6.45, 7) is 0.867. The van der Waals surface area contributed by atoms with Crippen molar-refractivity contribution in [3.05, 3.63) is 96.1 Å². The van der Waals surface area contributed by atoms with Gasteiger partial charge in [0.1, 0.15) is 14.8 Å². The summed E-state index contributed by atoms with van der Waals surface area (Å²) in [5.74, 6) is 0.0863. The SMILES string of the molecule is CS(=O)(=O)CCNCc1csc(-c2ccc3nccc(Nc4ccc(S(=O)(=O)c5ccccc5)cc4)c3c2)n1. The van der Waals surface area contributed by atoms with Crippen molar-refractivity contribution in [3.8, 4) is 10.6 Å². The molecule has 0 unspecified atom stereocenters. The summed E-state index contributed by atoms with van der Waals surface area (Å²) in [5.41, 5.74) is 4.18. The zero-order valence-corrected chi connectivity index (χ0v) is 23.5. The van der Waals surface area contributed by atoms with Gasteiger partial charge in [0, 0.05) is 53.2 Å². The van der Waals surface area contributed by atoms with Gasteiger partial charge >= 0.3 is 0 Å². The summed E-state index contributed by atoms with van der Waals surface area (Å²) >= 11 is 1.52. The van der Waals surface area contributed by atoms with Crippen LogP contribution in [-0.4, -0.2) is 45.4 Å². The standard InChI is InChI=1S/C28H26N4O4S3/c1-38(33,34)16-15-29-18-22-19-37-28(32-22)20-7-12-26-25(17-20)27(13-14-30-26)31-21-8-10-24(11-9-21)39(35,36)23-5-3-2-4-6-23/h2-14,17,19,29H,15-16,18H2,1H3,(H,30,31). The molecular weight excluding hydrogens is 553 g/mol. The highest BCUT2D eigenvalue weighted by Gasteiger charge is 2.17. The lowest BCUT2D eigenvalue weighted by Gasteiger charge is -2.11. The van der Waals surface area contributed by atoms with Crippen LogP contribution in [0.25, 0.3) is 21.5 Å². The Kier molecular flexibility index (Phi) is 7.76. The van der Waals surface area contributed by atoms with Crippen molar-refractivity contribution in [2.75, 3.05) is 23.9 Å². The van der Waals surface area contributed by atoms with Crippen LogP contribution in [0.2, 0.25) is 0 Å². The van der Waals surface area contributed by atoms with Gasteiger partial charge in [0.2, 0.25) is 9.84 Å². The number of sulfone groups is 2. The molecule has 0 spiro atoms. The van der Waals surface area contributed by atoms with Gasteiger partial charge in [-0.2, -0.15) is 0 Å². The fourth-order valence-electron chi connectivity index (χ4n) is 3.99. The number of nitrogens with one attached hydrogen (secondary N) is 2. The number of rotatable bonds is 10. The van der Waals surface area contributed by atoms with Crippen molar-refractivity contribution < 1.29 is 16.8 Å². The molecule has 0 amide bonds. The molecule has 0 radical (unpaired) electrons. The molecule has 0 fully saturated rings. The van der Waals surface area contributed by atoms with Crippen LogP contribution in [0.4, 0.5) is 11.4 Å². The molecule has 11 heteroatoms. The maximum Gasteiger partial charge on any atom is 0.206 e. The molecule has 0 aliphatic carbocycles. The second kappa shape index (κ2) is 11.2. The first kappa shape index (κ1) is 26.9. The van der Waals surface area contributed by atoms with Crippen molar-refractivity contribution in [3.63, 3.8) is 0 Å². The minimum atomic E-state index is -3.59. The van der Waals surface area contributed by atoms with E-state index in [-0.39, 0.29) is 15.5 Å². The van der Waals surface area contributed by atoms with E-state index in [2.05, 4.69) is 15.6 Å². The molecule has 0 saturated heterocycles. The molecule has 2 aromatic heterocycles. The van der Waals surface area contributed by atoms with E-state index >= 15 is 0 Å². The Bertz CT molecular complexity index is 1820. The van der Waals surface area contributed by atoms with Gasteiger partial charge < -0.3 is 10.6 Å². The fraction of sp³-hybridized carbons (Fsp3) is 0.143. The molecule has 2 heterocycles. The van der Waals surface area contributed by atoms with Crippen LogP contribution < -0.4 is 10.6 Å². The predicted octanol–water partition coefficient (Wildman–Crippen LogP) is 5.07. The number of nitrogens with zero attached hydrogens (tertiary/aromatic N) is 2. The topological polar surface area (TPSA) is 118 Å². The fourth-order valence-corrected chi connectivity index (χ4v) is 6.61. The molecule has 0 atom stereocenters. The molecule has 0 bridgehead atoms. The first-order valence-corrected chi connectivity index (χ1v) is 16.5. The number of hydrogen-bond donors (Lipinski definition) is 2. The summed E-state index contributed by atoms with van der Waals surface area (Å²) < 4.78 is 48.4. The van der Waals surface area contributed by atoms with Crippen molar-refractivity contribution in [1.82, 2.24) is 15.3 Å². The highest BCUT2D eigenvalue weighted by atomic mass is 32.2. The van der Waals surface area contributed by atoms with Crippen molar-refractivity contribution in [1.29, 1.82) is 0 Å². The van der Waals surface area contributed by atoms with Gasteiger partial charge in [0.05, 0.1) is 26.8 Å². The van der Waals surface area contributed by atoms with E-state index in [1.165, 1.54) is 17.6 Å². The Morgan fingerprint density at radius 1 is 0.872 bits per heavy atom. The maximum atomic E-state index is 12.9. The van der Waals surface area contributed by atoms with Gasteiger partial charge in [-0.3, -0.25) is 4.98 Å². The van der Waals surface area contributed by atoms with Crippen LogP contribution >= 0.6 is 11.3 Å². The van der Waals surface area contributed by atoms with Crippen LogP contribution in [-0.2, 0) is 26.2 Å². The second-order valence-electron chi connectivity index (χ2n) is 9.01. The minimum absolute atomic E-state index is 0.0863. The van der Waals surface area contributed by atoms with Gasteiger partial charge in [0.25, 0.3) is 0 Å². The Morgan fingerprint density at radius 2 is 1.62 bits per heavy atom. The molecule has 39 heavy (non-hydrogen) atoms. The van der Waals surface area contributed by atoms with Gasteiger partial charge in [-0.1, -0.05) is 18.2 Å². The summed E-state index contributed by atoms with van der Waals surface area (Å²) in [6, 6.07) is 22.9. The first-order chi connectivity index (χ1) is 18.7. The van der Waals surface area contributed by atoms with Crippen molar-refractivity contribution in [2.45, 2.75) is 16.3 Å². The first-order valence-electron chi connectivity index (χ1n) is 12.1. The lowest BCUT2D eigenvalue weighted by Crippen LogP contribution is -2.22. The molecule has 5 aromatic rings. The number of thiazole rings is 1. The molecule has 0 aliphatic rings. The Labute approximate surface area is 231 Å². The Hall–Kier alpha value is -3.64. The van der Waals surface area contributed by atoms with E-state index in [9.17, 15) is 16.8 Å². The molecule has 8 nitrogen and oxygen atoms in total. The van der Waals surface area contributed by atoms with E-state index in [0.29, 0.717) is 13.1 Å². The highest BCUT2D eigenvalue weighted by molar-refractivity contribution is 7.91. The van der Waals surface area contributed by atoms with Crippen molar-refractivity contribution in [2.24, 2.45) is 0 Å². The molecule has 2 N–H and O–H groups in total. The number of hydrogen-bond acceptors (Lipinski definition) is 9. The third-order valence-corrected chi connectivity index (χ3v) is 9.66. The highest BCUT2D eigenvalue weighted by Crippen LogP contribution is 2.32. The molecule has 0 aliphatic heterocycles. The molecular formula is C28H26N4O4S3. The third-order valence-electron chi connectivity index (χ3n) is 5.99. The average molecular weight is 579 g/mol. The number of pyridine rings is 1. The number of fused-ring (bicyclic) bond motifs is 1. The predicted molar refractivity (Wildman–Crippen MR) is 156 cm³/mol. The molecule has 200 valence electrons. The second-order valence-corrected chi connectivity index (χ2v) is 14.1. The normalized spacial score (nSPS) is 12.0. The van der Waals surface area contributed by atoms with Crippen LogP contribution in [0.5, 0.6) is 0 Å². The minimum Gasteiger partial charge on any atom is -0.355 e. The maximum absolute atomic E-state index is 12.9. The van der Waals surface area contributed by atoms with Gasteiger partial charge in [-0.05, 0) is 60.7 Å². The third kappa shape index (κ3) is 6.51. The summed E-state index contributed by atoms with van der Waals surface area (Å²) in [4.78, 5) is 9.67. The summed E-state index contributed by atoms with van der Waals surface area (Å²) in [5, 5.41) is 10.2. The summed E-state index contributed by atoms with van der Waals surface area (Å²) in [6.07, 6.45) is 2.95. The molecule has 5 rings (SSSR count). The zero-order chi connectivity index (χ0) is 27.5. The van der Waals surface area contributed by atoms with E-state index in [1.54, 1.807) is 60.8 Å². The van der Waals surface area contributed by atoms with E-state index in [1.807, 2.05) is 29.6 Å². The van der Waals surface area contributed by atoms with Crippen LogP contribution in [0.1, 0.15) is 5.69 Å². The quantitative estimate of drug-likeness (QED) is 0.221. The zero-order valence-electron chi connectivity index (χ0n) is 21.0. The van der Waals surface area contributed by atoms with E-state index in [0.717, 1.165) is 38.5 Å². The van der Waals surface area contributed by atoms with Gasteiger partial charge in [-0.15, -0.1) is 11.3 Å². The number of benzene rings is 3. The van der Waals surface area contributed by atoms with Crippen LogP contribution in [0.3, 0.4) is 0 Å². The largest absolute Gasteiger partial charge is 0.355 e. The van der Waals surface area contributed by atoms with Crippen LogP contribution in [0.15, 0.2) is 100 Å². The number of anilines is 2. The van der Waals surface area contributed by atoms with E-state index < -0.39 is 19.7 Å². The smallest absolute Gasteiger partial charge is 0.206 e. The Balaban J connectivity index is 1.34. The van der Waals surface area contributed by atoms with Crippen molar-refractivity contribution >= 4 is 53.3 Å². The average Bonchev–Trinajstić information content (AvgIpc) is 3.40. The monoisotopic (exact) mass is 578 g/mol. The molecule has 3 aromatic carbocycles. The lowest BCUT2D eigenvalue weighted by molar-refractivity contribution is 0.594. The number of aromatic nitrogens is 2. The van der Waals surface area contributed by atoms with E-state index in [4.69, 9.17) is 4.98 Å². The summed E-state index contributed by atoms with van der Waals surface area (Å²) in [7, 11) is -6.59. The lowest BCUT2D eigenvalue weighted by atomic mass is 10.1. The molecule has 0 saturated carbocycles. The van der Waals surface area contributed by atoms with Gasteiger partial charge in [0.15, 0.2) is 0 Å².